The average Bonchev–Trinajstić information content (AvgIpc) is 3.14. The summed E-state index contributed by atoms with van der Waals surface area (Å²) >= 11 is -0.0920. The Morgan fingerprint density at radius 1 is 1.11 bits per heavy atom. The molecule has 1 aliphatic heterocycles. The predicted octanol–water partition coefficient (Wildman–Crippen LogP) is 3.62. The van der Waals surface area contributed by atoms with Crippen molar-refractivity contribution in [3.05, 3.63) is 68.5 Å². The number of hydrogen-bond donors (Lipinski definition) is 3. The first-order valence-electron chi connectivity index (χ1n) is 8.23. The van der Waals surface area contributed by atoms with Gasteiger partial charge >= 0.3 is 161 Å². The van der Waals surface area contributed by atoms with Gasteiger partial charge in [-0.25, -0.2) is 0 Å². The van der Waals surface area contributed by atoms with Crippen molar-refractivity contribution in [3.63, 3.8) is 0 Å². The third-order valence-corrected chi connectivity index (χ3v) is 6.53. The molecule has 3 aromatic rings. The number of amides is 1. The molecule has 3 N–H and O–H groups in total. The number of aromatic hydroxyl groups is 1. The normalized spacial score (nSPS) is 14.3. The van der Waals surface area contributed by atoms with Crippen molar-refractivity contribution in [2.24, 2.45) is 0 Å². The molecule has 1 aliphatic rings. The van der Waals surface area contributed by atoms with Gasteiger partial charge in [-0.3, -0.25) is 0 Å². The molecule has 27 heavy (non-hydrogen) atoms. The van der Waals surface area contributed by atoms with Gasteiger partial charge in [0.1, 0.15) is 0 Å². The van der Waals surface area contributed by atoms with Crippen molar-refractivity contribution >= 4 is 43.7 Å². The Hall–Kier alpha value is -3.08. The fourth-order valence-corrected chi connectivity index (χ4v) is 5.15. The number of hydrogen-bond acceptors (Lipinski definition) is 3. The Bertz CT molecular complexity index is 1130. The third kappa shape index (κ3) is 3.21. The van der Waals surface area contributed by atoms with E-state index in [0.717, 1.165) is 25.6 Å². The van der Waals surface area contributed by atoms with E-state index in [9.17, 15) is 19.8 Å². The zero-order valence-corrected chi connectivity index (χ0v) is 16.0. The molecule has 0 saturated heterocycles. The zero-order valence-electron chi connectivity index (χ0n) is 14.3. The monoisotopic (exact) mass is 425 g/mol. The van der Waals surface area contributed by atoms with Crippen LogP contribution in [0, 0.1) is 6.92 Å². The summed E-state index contributed by atoms with van der Waals surface area (Å²) in [5, 5.41) is 21.8. The number of phenolic OH excluding ortho intramolecular Hbond substituents is 1. The Balaban J connectivity index is 1.74. The van der Waals surface area contributed by atoms with Gasteiger partial charge in [0.15, 0.2) is 0 Å². The van der Waals surface area contributed by atoms with Crippen LogP contribution in [0.1, 0.15) is 24.8 Å². The van der Waals surface area contributed by atoms with Crippen molar-refractivity contribution in [2.75, 3.05) is 5.32 Å². The molecule has 0 unspecified atom stereocenters. The van der Waals surface area contributed by atoms with Crippen molar-refractivity contribution in [1.29, 1.82) is 0 Å². The van der Waals surface area contributed by atoms with Gasteiger partial charge in [0.25, 0.3) is 0 Å². The number of phenols is 1. The quantitative estimate of drug-likeness (QED) is 0.443. The Morgan fingerprint density at radius 3 is 2.59 bits per heavy atom. The van der Waals surface area contributed by atoms with E-state index in [1.54, 1.807) is 30.3 Å². The Labute approximate surface area is 161 Å². The number of aromatic carboxylic acids is 1. The van der Waals surface area contributed by atoms with E-state index in [1.165, 1.54) is 0 Å². The summed E-state index contributed by atoms with van der Waals surface area (Å²) in [6.45, 7) is 1.82. The number of benzene rings is 2. The summed E-state index contributed by atoms with van der Waals surface area (Å²) in [6.07, 6.45) is 1.79. The van der Waals surface area contributed by atoms with Crippen molar-refractivity contribution < 1.29 is 19.8 Å². The molecular formula is C21H15NO4Se. The first-order chi connectivity index (χ1) is 12.9. The zero-order chi connectivity index (χ0) is 19.1. The molecule has 0 saturated carbocycles. The van der Waals surface area contributed by atoms with E-state index in [-0.39, 0.29) is 26.2 Å². The number of anilines is 1. The van der Waals surface area contributed by atoms with E-state index < -0.39 is 5.97 Å². The van der Waals surface area contributed by atoms with E-state index >= 15 is 0 Å². The number of carbonyl (C=O) groups excluding carboxylic acids is 1. The molecule has 0 radical (unpaired) electrons. The summed E-state index contributed by atoms with van der Waals surface area (Å²) in [6, 6.07) is 14.2. The number of carboxylic acid groups (broad SMARTS) is 1. The van der Waals surface area contributed by atoms with Crippen LogP contribution in [-0.2, 0) is 4.79 Å². The summed E-state index contributed by atoms with van der Waals surface area (Å²) in [7, 11) is 0. The molecule has 5 nitrogen and oxygen atoms in total. The van der Waals surface area contributed by atoms with Gasteiger partial charge in [-0.05, 0) is 0 Å². The summed E-state index contributed by atoms with van der Waals surface area (Å²) in [5.41, 5.74) is 4.11. The third-order valence-electron chi connectivity index (χ3n) is 4.44. The predicted molar refractivity (Wildman–Crippen MR) is 105 cm³/mol. The van der Waals surface area contributed by atoms with Crippen LogP contribution in [0.3, 0.4) is 0 Å². The number of fused-ring (bicyclic) bond motifs is 1. The molecule has 1 amide bonds. The second kappa shape index (κ2) is 6.58. The van der Waals surface area contributed by atoms with Crippen LogP contribution < -0.4 is 5.32 Å². The van der Waals surface area contributed by atoms with Crippen LogP contribution in [-0.4, -0.2) is 36.6 Å². The second-order valence-corrected chi connectivity index (χ2v) is 8.95. The maximum atomic E-state index is 12.4. The Morgan fingerprint density at radius 2 is 1.89 bits per heavy atom. The number of carboxylic acids is 1. The van der Waals surface area contributed by atoms with E-state index in [4.69, 9.17) is 0 Å². The number of carbonyl (C=O) groups is 2. The molecule has 2 heterocycles. The summed E-state index contributed by atoms with van der Waals surface area (Å²) in [5.74, 6) is -0.948. The molecule has 1 aromatic heterocycles. The van der Waals surface area contributed by atoms with Crippen LogP contribution in [0.5, 0.6) is 5.75 Å². The van der Waals surface area contributed by atoms with Gasteiger partial charge < -0.3 is 0 Å². The minimum absolute atomic E-state index is 0.0920. The first kappa shape index (κ1) is 17.3. The van der Waals surface area contributed by atoms with E-state index in [1.807, 2.05) is 31.2 Å². The van der Waals surface area contributed by atoms with Gasteiger partial charge in [0.05, 0.1) is 0 Å². The van der Waals surface area contributed by atoms with Gasteiger partial charge in [0.2, 0.25) is 0 Å². The molecule has 0 bridgehead atoms. The molecule has 6 heteroatoms. The molecule has 2 aromatic carbocycles. The van der Waals surface area contributed by atoms with Gasteiger partial charge in [-0.15, -0.1) is 0 Å². The number of nitrogens with one attached hydrogen (secondary N) is 1. The summed E-state index contributed by atoms with van der Waals surface area (Å²) in [4.78, 5) is 23.7. The van der Waals surface area contributed by atoms with Crippen LogP contribution in [0.25, 0.3) is 22.8 Å². The van der Waals surface area contributed by atoms with Crippen molar-refractivity contribution in [3.8, 4) is 16.9 Å². The standard InChI is InChI=1S/C21H15NO4Se/c1-11-17(21(25)26)9-15(27-11)10-18-16-6-5-13(8-19(16)22-20(18)24)12-3-2-4-14(23)7-12/h2-10,23H,1H3,(H,22,24)(H,25,26)/b18-10-. The topological polar surface area (TPSA) is 86.6 Å². The van der Waals surface area contributed by atoms with Crippen LogP contribution in [0.2, 0.25) is 0 Å². The fraction of sp³-hybridized carbons (Fsp3) is 0.0476. The average molecular weight is 424 g/mol. The van der Waals surface area contributed by atoms with Crippen LogP contribution in [0.15, 0.2) is 48.5 Å². The fourth-order valence-electron chi connectivity index (χ4n) is 3.13. The molecule has 0 aliphatic carbocycles. The van der Waals surface area contributed by atoms with Gasteiger partial charge in [-0.2, -0.15) is 0 Å². The maximum absolute atomic E-state index is 12.4. The van der Waals surface area contributed by atoms with Gasteiger partial charge in [-0.1, -0.05) is 0 Å². The van der Waals surface area contributed by atoms with Crippen LogP contribution >= 0.6 is 0 Å². The van der Waals surface area contributed by atoms with E-state index in [0.29, 0.717) is 16.8 Å². The minimum atomic E-state index is -0.935. The SMILES string of the molecule is Cc1[se]c(/C=C2\C(=O)Nc3cc(-c4cccc(O)c4)ccc32)cc1C(=O)O. The van der Waals surface area contributed by atoms with E-state index in [2.05, 4.69) is 5.32 Å². The summed E-state index contributed by atoms with van der Waals surface area (Å²) < 4.78 is 1.71. The number of aryl methyl sites for hydroxylation is 1. The molecular weight excluding hydrogens is 409 g/mol. The van der Waals surface area contributed by atoms with Crippen molar-refractivity contribution in [2.45, 2.75) is 6.92 Å². The van der Waals surface area contributed by atoms with Gasteiger partial charge in [0, 0.05) is 0 Å². The second-order valence-electron chi connectivity index (χ2n) is 6.25. The molecule has 0 atom stereocenters. The molecule has 0 spiro atoms. The molecule has 4 rings (SSSR count). The molecule has 134 valence electrons. The molecule has 0 fully saturated rings. The van der Waals surface area contributed by atoms with Crippen molar-refractivity contribution in [1.82, 2.24) is 0 Å². The Kier molecular flexibility index (Phi) is 4.22. The number of rotatable bonds is 3. The van der Waals surface area contributed by atoms with Crippen LogP contribution in [0.4, 0.5) is 5.69 Å². The first-order valence-corrected chi connectivity index (χ1v) is 9.94.